The van der Waals surface area contributed by atoms with E-state index in [1.54, 1.807) is 6.07 Å². The highest BCUT2D eigenvalue weighted by atomic mass is 16.3. The summed E-state index contributed by atoms with van der Waals surface area (Å²) in [7, 11) is 0. The van der Waals surface area contributed by atoms with Crippen LogP contribution in [0.1, 0.15) is 16.3 Å². The fourth-order valence-corrected chi connectivity index (χ4v) is 0.677. The second-order valence-electron chi connectivity index (χ2n) is 2.01. The maximum Gasteiger partial charge on any atom is 0.185 e. The van der Waals surface area contributed by atoms with Crippen molar-refractivity contribution in [1.29, 1.82) is 0 Å². The molecule has 0 aliphatic heterocycles. The van der Waals surface area contributed by atoms with Crippen LogP contribution in [0.4, 0.5) is 0 Å². The quantitative estimate of drug-likeness (QED) is 0.225. The molecule has 0 aliphatic carbocycles. The predicted molar refractivity (Wildman–Crippen MR) is 45.0 cm³/mol. The van der Waals surface area contributed by atoms with Gasteiger partial charge in [-0.1, -0.05) is 11.0 Å². The summed E-state index contributed by atoms with van der Waals surface area (Å²) in [4.78, 5) is 12.7. The number of hydrogen-bond donors (Lipinski definition) is 0. The first kappa shape index (κ1) is 8.91. The fraction of sp³-hybridized carbons (Fsp3) is 0.125. The molecule has 13 heavy (non-hydrogen) atoms. The smallest absolute Gasteiger partial charge is 0.185 e. The van der Waals surface area contributed by atoms with Crippen molar-refractivity contribution in [1.82, 2.24) is 0 Å². The zero-order valence-electron chi connectivity index (χ0n) is 6.60. The zero-order valence-corrected chi connectivity index (χ0v) is 6.60. The van der Waals surface area contributed by atoms with Gasteiger partial charge < -0.3 is 4.42 Å². The number of rotatable bonds is 2. The third-order valence-electron chi connectivity index (χ3n) is 1.17. The zero-order chi connectivity index (χ0) is 9.52. The fourth-order valence-electron chi connectivity index (χ4n) is 0.677. The molecule has 0 atom stereocenters. The van der Waals surface area contributed by atoms with E-state index in [4.69, 9.17) is 9.95 Å². The number of carbonyl (C=O) groups excluding carboxylic acids is 1. The van der Waals surface area contributed by atoms with Gasteiger partial charge >= 0.3 is 0 Å². The maximum absolute atomic E-state index is 10.2. The lowest BCUT2D eigenvalue weighted by molar-refractivity contribution is 0.110. The first-order chi connectivity index (χ1) is 6.36. The van der Waals surface area contributed by atoms with Crippen LogP contribution in [0.3, 0.4) is 0 Å². The SMILES string of the molecule is [N-]=[N+]=NCC#Cc1ccc(C=O)o1. The molecule has 0 aliphatic rings. The van der Waals surface area contributed by atoms with Crippen molar-refractivity contribution < 1.29 is 9.21 Å². The monoisotopic (exact) mass is 175 g/mol. The lowest BCUT2D eigenvalue weighted by Crippen LogP contribution is -1.71. The Morgan fingerprint density at radius 1 is 1.69 bits per heavy atom. The van der Waals surface area contributed by atoms with Gasteiger partial charge in [-0.3, -0.25) is 4.79 Å². The number of nitrogens with zero attached hydrogens (tertiary/aromatic N) is 3. The van der Waals surface area contributed by atoms with Gasteiger partial charge in [-0.15, -0.1) is 0 Å². The molecule has 0 radical (unpaired) electrons. The summed E-state index contributed by atoms with van der Waals surface area (Å²) in [5.41, 5.74) is 7.93. The van der Waals surface area contributed by atoms with Gasteiger partial charge in [0.1, 0.15) is 0 Å². The van der Waals surface area contributed by atoms with Crippen LogP contribution in [0.5, 0.6) is 0 Å². The van der Waals surface area contributed by atoms with E-state index in [1.807, 2.05) is 0 Å². The highest BCUT2D eigenvalue weighted by Crippen LogP contribution is 2.02. The molecule has 1 aromatic heterocycles. The Kier molecular flexibility index (Phi) is 3.19. The highest BCUT2D eigenvalue weighted by molar-refractivity contribution is 5.70. The lowest BCUT2D eigenvalue weighted by Gasteiger charge is -1.78. The van der Waals surface area contributed by atoms with Gasteiger partial charge in [0, 0.05) is 4.91 Å². The molecule has 64 valence electrons. The number of furan rings is 1. The van der Waals surface area contributed by atoms with Crippen LogP contribution >= 0.6 is 0 Å². The summed E-state index contributed by atoms with van der Waals surface area (Å²) in [6.07, 6.45) is 0.596. The summed E-state index contributed by atoms with van der Waals surface area (Å²) < 4.78 is 4.94. The molecule has 0 amide bonds. The Morgan fingerprint density at radius 3 is 3.15 bits per heavy atom. The van der Waals surface area contributed by atoms with Crippen molar-refractivity contribution in [2.75, 3.05) is 6.54 Å². The van der Waals surface area contributed by atoms with Gasteiger partial charge in [0.15, 0.2) is 17.8 Å². The Bertz CT molecular complexity index is 405. The normalized spacial score (nSPS) is 8.00. The average molecular weight is 175 g/mol. The van der Waals surface area contributed by atoms with Crippen LogP contribution in [0.15, 0.2) is 21.7 Å². The van der Waals surface area contributed by atoms with Crippen LogP contribution in [0.25, 0.3) is 10.4 Å². The topological polar surface area (TPSA) is 79.0 Å². The van der Waals surface area contributed by atoms with Crippen molar-refractivity contribution in [3.05, 3.63) is 34.1 Å². The molecular formula is C8H5N3O2. The van der Waals surface area contributed by atoms with Crippen LogP contribution in [-0.2, 0) is 0 Å². The van der Waals surface area contributed by atoms with Gasteiger partial charge in [0.05, 0.1) is 6.54 Å². The van der Waals surface area contributed by atoms with E-state index in [9.17, 15) is 4.79 Å². The molecule has 1 aromatic rings. The van der Waals surface area contributed by atoms with E-state index >= 15 is 0 Å². The molecule has 0 bridgehead atoms. The van der Waals surface area contributed by atoms with Crippen LogP contribution in [0.2, 0.25) is 0 Å². The molecule has 0 fully saturated rings. The Balaban J connectivity index is 2.66. The minimum absolute atomic E-state index is 0.0909. The average Bonchev–Trinajstić information content (AvgIpc) is 2.60. The molecular weight excluding hydrogens is 170 g/mol. The standard InChI is InChI=1S/C8H5N3O2/c9-11-10-5-1-2-7-3-4-8(6-12)13-7/h3-4,6H,5H2. The number of hydrogen-bond acceptors (Lipinski definition) is 3. The third-order valence-corrected chi connectivity index (χ3v) is 1.17. The van der Waals surface area contributed by atoms with Crippen molar-refractivity contribution in [2.45, 2.75) is 0 Å². The summed E-state index contributed by atoms with van der Waals surface area (Å²) in [6, 6.07) is 3.09. The molecule has 5 heteroatoms. The summed E-state index contributed by atoms with van der Waals surface area (Å²) in [5.74, 6) is 5.77. The lowest BCUT2D eigenvalue weighted by atomic mass is 10.4. The molecule has 1 heterocycles. The molecule has 0 aromatic carbocycles. The molecule has 0 unspecified atom stereocenters. The Hall–Kier alpha value is -2.18. The van der Waals surface area contributed by atoms with Crippen LogP contribution < -0.4 is 0 Å². The number of carbonyl (C=O) groups is 1. The molecule has 0 saturated carbocycles. The molecule has 5 nitrogen and oxygen atoms in total. The number of azide groups is 1. The minimum atomic E-state index is 0.0909. The van der Waals surface area contributed by atoms with Crippen molar-refractivity contribution in [3.8, 4) is 11.8 Å². The van der Waals surface area contributed by atoms with Crippen LogP contribution in [-0.4, -0.2) is 12.8 Å². The van der Waals surface area contributed by atoms with Crippen molar-refractivity contribution >= 4 is 6.29 Å². The molecule has 0 spiro atoms. The summed E-state index contributed by atoms with van der Waals surface area (Å²) in [6.45, 7) is 0.0909. The van der Waals surface area contributed by atoms with Crippen molar-refractivity contribution in [3.63, 3.8) is 0 Å². The maximum atomic E-state index is 10.2. The van der Waals surface area contributed by atoms with E-state index in [0.717, 1.165) is 0 Å². The van der Waals surface area contributed by atoms with Gasteiger partial charge in [0.2, 0.25) is 0 Å². The molecule has 0 N–H and O–H groups in total. The first-order valence-electron chi connectivity index (χ1n) is 3.41. The minimum Gasteiger partial charge on any atom is -0.445 e. The third kappa shape index (κ3) is 2.73. The van der Waals surface area contributed by atoms with Gasteiger partial charge in [-0.25, -0.2) is 0 Å². The highest BCUT2D eigenvalue weighted by Gasteiger charge is 1.95. The summed E-state index contributed by atoms with van der Waals surface area (Å²) >= 11 is 0. The Morgan fingerprint density at radius 2 is 2.54 bits per heavy atom. The van der Waals surface area contributed by atoms with E-state index in [2.05, 4.69) is 21.9 Å². The second kappa shape index (κ2) is 4.65. The predicted octanol–water partition coefficient (Wildman–Crippen LogP) is 1.75. The van der Waals surface area contributed by atoms with Crippen molar-refractivity contribution in [2.24, 2.45) is 5.11 Å². The largest absolute Gasteiger partial charge is 0.445 e. The van der Waals surface area contributed by atoms with Gasteiger partial charge in [-0.05, 0) is 23.6 Å². The van der Waals surface area contributed by atoms with E-state index in [1.165, 1.54) is 6.07 Å². The van der Waals surface area contributed by atoms with Gasteiger partial charge in [-0.2, -0.15) is 0 Å². The van der Waals surface area contributed by atoms with E-state index in [-0.39, 0.29) is 12.3 Å². The number of aldehydes is 1. The second-order valence-corrected chi connectivity index (χ2v) is 2.01. The van der Waals surface area contributed by atoms with E-state index in [0.29, 0.717) is 12.0 Å². The molecule has 0 saturated heterocycles. The molecule has 1 rings (SSSR count). The first-order valence-corrected chi connectivity index (χ1v) is 3.41. The van der Waals surface area contributed by atoms with Gasteiger partial charge in [0.25, 0.3) is 0 Å². The summed E-state index contributed by atoms with van der Waals surface area (Å²) in [5, 5.41) is 3.21. The van der Waals surface area contributed by atoms with E-state index < -0.39 is 0 Å². The van der Waals surface area contributed by atoms with Crippen LogP contribution in [0, 0.1) is 11.8 Å². The Labute approximate surface area is 74.0 Å².